The molecular formula is C15H19NO. The van der Waals surface area contributed by atoms with Crippen LogP contribution in [0.4, 0.5) is 0 Å². The third-order valence-electron chi connectivity index (χ3n) is 3.03. The molecule has 90 valence electrons. The Morgan fingerprint density at radius 3 is 2.65 bits per heavy atom. The van der Waals surface area contributed by atoms with Crippen molar-refractivity contribution in [2.24, 2.45) is 5.92 Å². The first kappa shape index (κ1) is 11.9. The van der Waals surface area contributed by atoms with Gasteiger partial charge in [-0.05, 0) is 44.2 Å². The summed E-state index contributed by atoms with van der Waals surface area (Å²) in [5, 5.41) is 7.80. The molecule has 17 heavy (non-hydrogen) atoms. The first-order chi connectivity index (χ1) is 8.09. The lowest BCUT2D eigenvalue weighted by Gasteiger charge is -2.15. The van der Waals surface area contributed by atoms with Gasteiger partial charge in [-0.3, -0.25) is 0 Å². The summed E-state index contributed by atoms with van der Waals surface area (Å²) >= 11 is 0. The lowest BCUT2D eigenvalue weighted by Crippen LogP contribution is -2.05. The van der Waals surface area contributed by atoms with Crippen LogP contribution in [0.25, 0.3) is 5.57 Å². The molecule has 0 saturated heterocycles. The van der Waals surface area contributed by atoms with Crippen LogP contribution in [0.15, 0.2) is 24.8 Å². The summed E-state index contributed by atoms with van der Waals surface area (Å²) in [5.41, 5.74) is 3.42. The summed E-state index contributed by atoms with van der Waals surface area (Å²) < 4.78 is 5.86. The minimum Gasteiger partial charge on any atom is -0.493 e. The monoisotopic (exact) mass is 229 g/mol. The van der Waals surface area contributed by atoms with E-state index < -0.39 is 0 Å². The zero-order valence-electron chi connectivity index (χ0n) is 10.5. The highest BCUT2D eigenvalue weighted by atomic mass is 16.5. The molecule has 0 aromatic heterocycles. The Balaban J connectivity index is 2.31. The van der Waals surface area contributed by atoms with Crippen LogP contribution in [0.3, 0.4) is 0 Å². The maximum absolute atomic E-state index is 7.80. The fraction of sp³-hybridized carbons (Fsp3) is 0.400. The molecule has 0 heterocycles. The fourth-order valence-electron chi connectivity index (χ4n) is 1.90. The van der Waals surface area contributed by atoms with Gasteiger partial charge in [0.15, 0.2) is 0 Å². The second kappa shape index (κ2) is 4.74. The third kappa shape index (κ3) is 2.76. The van der Waals surface area contributed by atoms with E-state index in [4.69, 9.17) is 10.1 Å². The number of benzene rings is 1. The van der Waals surface area contributed by atoms with E-state index in [0.29, 0.717) is 5.71 Å². The van der Waals surface area contributed by atoms with Crippen molar-refractivity contribution >= 4 is 11.3 Å². The van der Waals surface area contributed by atoms with Gasteiger partial charge in [0.25, 0.3) is 0 Å². The lowest BCUT2D eigenvalue weighted by atomic mass is 9.98. The summed E-state index contributed by atoms with van der Waals surface area (Å²) in [6, 6.07) is 5.87. The SMILES string of the molecule is C=C(C)c1c(OCC2CC2)cccc1C(C)=N. The van der Waals surface area contributed by atoms with Crippen molar-refractivity contribution in [3.05, 3.63) is 35.9 Å². The lowest BCUT2D eigenvalue weighted by molar-refractivity contribution is 0.299. The van der Waals surface area contributed by atoms with Crippen molar-refractivity contribution in [3.63, 3.8) is 0 Å². The molecule has 0 unspecified atom stereocenters. The van der Waals surface area contributed by atoms with Crippen LogP contribution in [0.2, 0.25) is 0 Å². The van der Waals surface area contributed by atoms with E-state index in [-0.39, 0.29) is 0 Å². The number of ether oxygens (including phenoxy) is 1. The zero-order valence-corrected chi connectivity index (χ0v) is 10.5. The van der Waals surface area contributed by atoms with E-state index in [9.17, 15) is 0 Å². The fourth-order valence-corrected chi connectivity index (χ4v) is 1.90. The van der Waals surface area contributed by atoms with Crippen molar-refractivity contribution in [2.75, 3.05) is 6.61 Å². The van der Waals surface area contributed by atoms with Gasteiger partial charge in [0.2, 0.25) is 0 Å². The molecule has 0 bridgehead atoms. The molecule has 2 heteroatoms. The summed E-state index contributed by atoms with van der Waals surface area (Å²) in [5.74, 6) is 1.60. The van der Waals surface area contributed by atoms with E-state index in [1.165, 1.54) is 12.8 Å². The number of hydrogen-bond acceptors (Lipinski definition) is 2. The van der Waals surface area contributed by atoms with Gasteiger partial charge in [-0.1, -0.05) is 18.7 Å². The Kier molecular flexibility index (Phi) is 3.32. The van der Waals surface area contributed by atoms with Gasteiger partial charge in [-0.15, -0.1) is 0 Å². The molecule has 2 nitrogen and oxygen atoms in total. The summed E-state index contributed by atoms with van der Waals surface area (Å²) in [7, 11) is 0. The first-order valence-corrected chi connectivity index (χ1v) is 6.07. The second-order valence-corrected chi connectivity index (χ2v) is 4.84. The summed E-state index contributed by atoms with van der Waals surface area (Å²) in [4.78, 5) is 0. The minimum atomic E-state index is 0.555. The van der Waals surface area contributed by atoms with E-state index in [2.05, 4.69) is 6.58 Å². The van der Waals surface area contributed by atoms with Gasteiger partial charge < -0.3 is 10.1 Å². The molecular weight excluding hydrogens is 210 g/mol. The van der Waals surface area contributed by atoms with E-state index in [1.807, 2.05) is 25.1 Å². The highest BCUT2D eigenvalue weighted by Crippen LogP contribution is 2.33. The van der Waals surface area contributed by atoms with Crippen molar-refractivity contribution in [1.82, 2.24) is 0 Å². The maximum Gasteiger partial charge on any atom is 0.127 e. The number of allylic oxidation sites excluding steroid dienone is 1. The van der Waals surface area contributed by atoms with Crippen LogP contribution in [0.5, 0.6) is 5.75 Å². The Bertz CT molecular complexity index is 458. The Morgan fingerprint density at radius 1 is 1.41 bits per heavy atom. The molecule has 0 radical (unpaired) electrons. The molecule has 2 rings (SSSR count). The predicted molar refractivity (Wildman–Crippen MR) is 71.9 cm³/mol. The second-order valence-electron chi connectivity index (χ2n) is 4.84. The van der Waals surface area contributed by atoms with Crippen molar-refractivity contribution < 1.29 is 4.74 Å². The Labute approximate surface area is 103 Å². The third-order valence-corrected chi connectivity index (χ3v) is 3.03. The molecule has 0 spiro atoms. The van der Waals surface area contributed by atoms with Crippen molar-refractivity contribution in [3.8, 4) is 5.75 Å². The zero-order chi connectivity index (χ0) is 12.4. The quantitative estimate of drug-likeness (QED) is 0.763. The molecule has 1 N–H and O–H groups in total. The van der Waals surface area contributed by atoms with Gasteiger partial charge in [-0.2, -0.15) is 0 Å². The van der Waals surface area contributed by atoms with Gasteiger partial charge >= 0.3 is 0 Å². The normalized spacial score (nSPS) is 14.5. The average molecular weight is 229 g/mol. The average Bonchev–Trinajstić information content (AvgIpc) is 3.09. The smallest absolute Gasteiger partial charge is 0.127 e. The molecule has 1 aliphatic rings. The summed E-state index contributed by atoms with van der Waals surface area (Å²) in [6.07, 6.45) is 2.57. The molecule has 0 amide bonds. The van der Waals surface area contributed by atoms with E-state index >= 15 is 0 Å². The molecule has 1 aliphatic carbocycles. The van der Waals surface area contributed by atoms with Crippen LogP contribution in [-0.2, 0) is 0 Å². The van der Waals surface area contributed by atoms with Crippen LogP contribution in [-0.4, -0.2) is 12.3 Å². The molecule has 1 saturated carbocycles. The molecule has 0 aliphatic heterocycles. The van der Waals surface area contributed by atoms with Gasteiger partial charge in [0.05, 0.1) is 6.61 Å². The molecule has 1 aromatic rings. The number of nitrogens with one attached hydrogen (secondary N) is 1. The molecule has 1 aromatic carbocycles. The highest BCUT2D eigenvalue weighted by Gasteiger charge is 2.22. The summed E-state index contributed by atoms with van der Waals surface area (Å²) in [6.45, 7) is 8.55. The van der Waals surface area contributed by atoms with Crippen LogP contribution < -0.4 is 4.74 Å². The van der Waals surface area contributed by atoms with Crippen LogP contribution in [0, 0.1) is 11.3 Å². The number of hydrogen-bond donors (Lipinski definition) is 1. The molecule has 0 atom stereocenters. The van der Waals surface area contributed by atoms with E-state index in [0.717, 1.165) is 35.0 Å². The minimum absolute atomic E-state index is 0.555. The van der Waals surface area contributed by atoms with Gasteiger partial charge in [-0.25, -0.2) is 0 Å². The van der Waals surface area contributed by atoms with Crippen molar-refractivity contribution in [1.29, 1.82) is 5.41 Å². The largest absolute Gasteiger partial charge is 0.493 e. The van der Waals surface area contributed by atoms with Crippen LogP contribution in [0.1, 0.15) is 37.8 Å². The standard InChI is InChI=1S/C15H19NO/c1-10(2)15-13(11(3)16)5-4-6-14(15)17-9-12-7-8-12/h4-6,12,16H,1,7-9H2,2-3H3. The van der Waals surface area contributed by atoms with Crippen LogP contribution >= 0.6 is 0 Å². The number of rotatable bonds is 5. The molecule has 1 fully saturated rings. The Hall–Kier alpha value is -1.57. The first-order valence-electron chi connectivity index (χ1n) is 6.07. The van der Waals surface area contributed by atoms with Crippen molar-refractivity contribution in [2.45, 2.75) is 26.7 Å². The Morgan fingerprint density at radius 2 is 2.12 bits per heavy atom. The maximum atomic E-state index is 7.80. The predicted octanol–water partition coefficient (Wildman–Crippen LogP) is 3.90. The topological polar surface area (TPSA) is 33.1 Å². The van der Waals surface area contributed by atoms with Gasteiger partial charge in [0, 0.05) is 16.8 Å². The van der Waals surface area contributed by atoms with E-state index in [1.54, 1.807) is 6.92 Å². The van der Waals surface area contributed by atoms with Gasteiger partial charge in [0.1, 0.15) is 5.75 Å². The highest BCUT2D eigenvalue weighted by molar-refractivity contribution is 6.01.